The SMILES string of the molecule is CCNC(=NCC1(c2ccccc2)CCOCC1)NCCc1cccc(F)c1. The van der Waals surface area contributed by atoms with Crippen LogP contribution >= 0.6 is 0 Å². The van der Waals surface area contributed by atoms with Crippen molar-refractivity contribution in [2.24, 2.45) is 4.99 Å². The molecule has 2 N–H and O–H groups in total. The molecule has 2 aromatic rings. The third kappa shape index (κ3) is 5.55. The van der Waals surface area contributed by atoms with E-state index in [9.17, 15) is 4.39 Å². The van der Waals surface area contributed by atoms with Crippen LogP contribution in [-0.4, -0.2) is 38.8 Å². The van der Waals surface area contributed by atoms with Crippen LogP contribution in [0.1, 0.15) is 30.9 Å². The van der Waals surface area contributed by atoms with Gasteiger partial charge < -0.3 is 15.4 Å². The number of hydrogen-bond acceptors (Lipinski definition) is 2. The van der Waals surface area contributed by atoms with Crippen molar-refractivity contribution in [3.63, 3.8) is 0 Å². The van der Waals surface area contributed by atoms with Gasteiger partial charge in [0.05, 0.1) is 6.54 Å². The van der Waals surface area contributed by atoms with E-state index in [1.54, 1.807) is 12.1 Å². The molecule has 4 nitrogen and oxygen atoms in total. The van der Waals surface area contributed by atoms with Gasteiger partial charge >= 0.3 is 0 Å². The summed E-state index contributed by atoms with van der Waals surface area (Å²) in [6.45, 7) is 5.83. The van der Waals surface area contributed by atoms with Crippen molar-refractivity contribution in [2.45, 2.75) is 31.6 Å². The van der Waals surface area contributed by atoms with Crippen molar-refractivity contribution in [2.75, 3.05) is 32.8 Å². The Morgan fingerprint density at radius 3 is 2.57 bits per heavy atom. The fourth-order valence-corrected chi connectivity index (χ4v) is 3.68. The molecule has 0 amide bonds. The molecule has 2 aromatic carbocycles. The molecular weight excluding hydrogens is 353 g/mol. The van der Waals surface area contributed by atoms with E-state index in [0.717, 1.165) is 57.1 Å². The average Bonchev–Trinajstić information content (AvgIpc) is 2.73. The van der Waals surface area contributed by atoms with Crippen LogP contribution in [0, 0.1) is 5.82 Å². The number of hydrogen-bond donors (Lipinski definition) is 2. The number of halogens is 1. The maximum absolute atomic E-state index is 13.3. The quantitative estimate of drug-likeness (QED) is 0.566. The zero-order valence-electron chi connectivity index (χ0n) is 16.6. The number of nitrogens with one attached hydrogen (secondary N) is 2. The Morgan fingerprint density at radius 1 is 1.07 bits per heavy atom. The Labute approximate surface area is 167 Å². The van der Waals surface area contributed by atoms with E-state index in [-0.39, 0.29) is 11.2 Å². The van der Waals surface area contributed by atoms with Gasteiger partial charge in [0.25, 0.3) is 0 Å². The van der Waals surface area contributed by atoms with Gasteiger partial charge in [0.1, 0.15) is 5.82 Å². The highest BCUT2D eigenvalue weighted by Gasteiger charge is 2.34. The van der Waals surface area contributed by atoms with Gasteiger partial charge in [-0.2, -0.15) is 0 Å². The fraction of sp³-hybridized carbons (Fsp3) is 0.435. The van der Waals surface area contributed by atoms with Gasteiger partial charge in [-0.3, -0.25) is 4.99 Å². The van der Waals surface area contributed by atoms with E-state index in [1.165, 1.54) is 11.6 Å². The topological polar surface area (TPSA) is 45.7 Å². The molecule has 1 aliphatic rings. The van der Waals surface area contributed by atoms with Gasteiger partial charge in [-0.25, -0.2) is 4.39 Å². The Bertz CT molecular complexity index is 757. The largest absolute Gasteiger partial charge is 0.381 e. The Balaban J connectivity index is 1.66. The molecule has 0 spiro atoms. The Morgan fingerprint density at radius 2 is 1.86 bits per heavy atom. The number of guanidine groups is 1. The summed E-state index contributed by atoms with van der Waals surface area (Å²) >= 11 is 0. The van der Waals surface area contributed by atoms with Crippen molar-refractivity contribution in [3.8, 4) is 0 Å². The molecule has 1 heterocycles. The predicted octanol–water partition coefficient (Wildman–Crippen LogP) is 3.67. The van der Waals surface area contributed by atoms with Crippen LogP contribution in [0.4, 0.5) is 4.39 Å². The van der Waals surface area contributed by atoms with Crippen LogP contribution in [0.3, 0.4) is 0 Å². The summed E-state index contributed by atoms with van der Waals surface area (Å²) in [6, 6.07) is 17.4. The molecule has 28 heavy (non-hydrogen) atoms. The zero-order valence-corrected chi connectivity index (χ0v) is 16.6. The second-order valence-corrected chi connectivity index (χ2v) is 7.26. The van der Waals surface area contributed by atoms with Crippen LogP contribution in [0.2, 0.25) is 0 Å². The second kappa shape index (κ2) is 10.2. The summed E-state index contributed by atoms with van der Waals surface area (Å²) < 4.78 is 19.0. The highest BCUT2D eigenvalue weighted by Crippen LogP contribution is 2.35. The maximum atomic E-state index is 13.3. The second-order valence-electron chi connectivity index (χ2n) is 7.26. The number of rotatable bonds is 7. The lowest BCUT2D eigenvalue weighted by atomic mass is 9.74. The molecule has 5 heteroatoms. The van der Waals surface area contributed by atoms with Crippen molar-refractivity contribution >= 4 is 5.96 Å². The Kier molecular flexibility index (Phi) is 7.43. The summed E-state index contributed by atoms with van der Waals surface area (Å²) in [4.78, 5) is 4.90. The minimum atomic E-state index is -0.192. The van der Waals surface area contributed by atoms with Crippen molar-refractivity contribution < 1.29 is 9.13 Å². The molecule has 0 unspecified atom stereocenters. The summed E-state index contributed by atoms with van der Waals surface area (Å²) in [7, 11) is 0. The number of nitrogens with zero attached hydrogens (tertiary/aromatic N) is 1. The molecule has 1 fully saturated rings. The molecule has 1 aliphatic heterocycles. The van der Waals surface area contributed by atoms with E-state index in [0.29, 0.717) is 6.54 Å². The first-order valence-corrected chi connectivity index (χ1v) is 10.1. The fourth-order valence-electron chi connectivity index (χ4n) is 3.68. The normalized spacial score (nSPS) is 16.6. The van der Waals surface area contributed by atoms with Crippen LogP contribution < -0.4 is 10.6 Å². The summed E-state index contributed by atoms with van der Waals surface area (Å²) in [5.41, 5.74) is 2.33. The van der Waals surface area contributed by atoms with Gasteiger partial charge in [-0.05, 0) is 49.4 Å². The average molecular weight is 384 g/mol. The molecular formula is C23H30FN3O. The van der Waals surface area contributed by atoms with Gasteiger partial charge in [0.15, 0.2) is 5.96 Å². The highest BCUT2D eigenvalue weighted by atomic mass is 19.1. The third-order valence-corrected chi connectivity index (χ3v) is 5.32. The number of aliphatic imine (C=N–C) groups is 1. The molecule has 0 saturated carbocycles. The predicted molar refractivity (Wildman–Crippen MR) is 112 cm³/mol. The van der Waals surface area contributed by atoms with Crippen LogP contribution in [0.5, 0.6) is 0 Å². The van der Waals surface area contributed by atoms with Gasteiger partial charge in [-0.15, -0.1) is 0 Å². The zero-order chi connectivity index (χ0) is 19.7. The minimum absolute atomic E-state index is 0.0183. The summed E-state index contributed by atoms with van der Waals surface area (Å²) in [5.74, 6) is 0.614. The summed E-state index contributed by atoms with van der Waals surface area (Å²) in [5, 5.41) is 6.70. The smallest absolute Gasteiger partial charge is 0.191 e. The highest BCUT2D eigenvalue weighted by molar-refractivity contribution is 5.79. The van der Waals surface area contributed by atoms with E-state index in [1.807, 2.05) is 6.07 Å². The van der Waals surface area contributed by atoms with Gasteiger partial charge in [-0.1, -0.05) is 42.5 Å². The van der Waals surface area contributed by atoms with Gasteiger partial charge in [0, 0.05) is 31.7 Å². The van der Waals surface area contributed by atoms with Crippen molar-refractivity contribution in [1.29, 1.82) is 0 Å². The number of benzene rings is 2. The molecule has 150 valence electrons. The van der Waals surface area contributed by atoms with Crippen molar-refractivity contribution in [3.05, 3.63) is 71.5 Å². The van der Waals surface area contributed by atoms with Crippen LogP contribution in [0.25, 0.3) is 0 Å². The van der Waals surface area contributed by atoms with E-state index < -0.39 is 0 Å². The monoisotopic (exact) mass is 383 g/mol. The Hall–Kier alpha value is -2.40. The first-order chi connectivity index (χ1) is 13.7. The first-order valence-electron chi connectivity index (χ1n) is 10.1. The lowest BCUT2D eigenvalue weighted by Gasteiger charge is -2.36. The standard InChI is InChI=1S/C23H30FN3O/c1-2-25-22(26-14-11-19-7-6-10-21(24)17-19)27-18-23(12-15-28-16-13-23)20-8-4-3-5-9-20/h3-10,17H,2,11-16,18H2,1H3,(H2,25,26,27). The molecule has 3 rings (SSSR count). The lowest BCUT2D eigenvalue weighted by molar-refractivity contribution is 0.0531. The third-order valence-electron chi connectivity index (χ3n) is 5.32. The van der Waals surface area contributed by atoms with Crippen LogP contribution in [-0.2, 0) is 16.6 Å². The van der Waals surface area contributed by atoms with Gasteiger partial charge in [0.2, 0.25) is 0 Å². The molecule has 0 bridgehead atoms. The summed E-state index contributed by atoms with van der Waals surface area (Å²) in [6.07, 6.45) is 2.70. The maximum Gasteiger partial charge on any atom is 0.191 e. The first kappa shape index (κ1) is 20.3. The van der Waals surface area contributed by atoms with Crippen molar-refractivity contribution in [1.82, 2.24) is 10.6 Å². The van der Waals surface area contributed by atoms with E-state index >= 15 is 0 Å². The number of ether oxygens (including phenoxy) is 1. The molecule has 0 radical (unpaired) electrons. The molecule has 0 atom stereocenters. The molecule has 0 aliphatic carbocycles. The van der Waals surface area contributed by atoms with E-state index in [4.69, 9.17) is 9.73 Å². The minimum Gasteiger partial charge on any atom is -0.381 e. The lowest BCUT2D eigenvalue weighted by Crippen LogP contribution is -2.41. The molecule has 1 saturated heterocycles. The van der Waals surface area contributed by atoms with Crippen LogP contribution in [0.15, 0.2) is 59.6 Å². The molecule has 0 aromatic heterocycles. The van der Waals surface area contributed by atoms with E-state index in [2.05, 4.69) is 47.9 Å².